The van der Waals surface area contributed by atoms with E-state index in [1.807, 2.05) is 0 Å². The molecule has 0 spiro atoms. The third-order valence-electron chi connectivity index (χ3n) is 5.16. The van der Waals surface area contributed by atoms with E-state index in [0.29, 0.717) is 29.4 Å². The highest BCUT2D eigenvalue weighted by atomic mass is 35.5. The predicted molar refractivity (Wildman–Crippen MR) is 117 cm³/mol. The second-order valence-electron chi connectivity index (χ2n) is 7.49. The molecule has 0 fully saturated rings. The number of aliphatic imine (C=N–C) groups is 1. The Morgan fingerprint density at radius 3 is 2.81 bits per heavy atom. The molecule has 0 radical (unpaired) electrons. The molecule has 0 bridgehead atoms. The van der Waals surface area contributed by atoms with Crippen molar-refractivity contribution in [2.45, 2.75) is 33.2 Å². The number of amidine groups is 1. The zero-order valence-corrected chi connectivity index (χ0v) is 18.2. The number of hydrogen-bond donors (Lipinski definition) is 1. The van der Waals surface area contributed by atoms with E-state index in [-0.39, 0.29) is 16.8 Å². The highest BCUT2D eigenvalue weighted by Gasteiger charge is 2.23. The summed E-state index contributed by atoms with van der Waals surface area (Å²) < 4.78 is 20.2. The Bertz CT molecular complexity index is 1150. The smallest absolute Gasteiger partial charge is 0.184 e. The summed E-state index contributed by atoms with van der Waals surface area (Å²) in [6.07, 6.45) is 2.14. The molecule has 0 aliphatic carbocycles. The number of ether oxygens (including phenoxy) is 1. The average molecular weight is 441 g/mol. The molecular weight excluding hydrogens is 419 g/mol. The van der Waals surface area contributed by atoms with Gasteiger partial charge in [-0.1, -0.05) is 35.9 Å². The minimum atomic E-state index is -0.646. The third kappa shape index (κ3) is 4.68. The molecule has 1 aromatic heterocycles. The number of hydroxylamine groups is 1. The molecule has 8 heteroatoms. The largest absolute Gasteiger partial charge is 0.452 e. The van der Waals surface area contributed by atoms with Crippen LogP contribution in [0.1, 0.15) is 27.9 Å². The molecule has 6 nitrogen and oxygen atoms in total. The SMILES string of the molecule is Cc1ccc(C[C@@H]2CONC(c3c(Oc4cccc(Cl)c4F)cnnc3C)=N2)cc1C. The fourth-order valence-corrected chi connectivity index (χ4v) is 3.55. The van der Waals surface area contributed by atoms with Crippen LogP contribution >= 0.6 is 11.6 Å². The predicted octanol–water partition coefficient (Wildman–Crippen LogP) is 4.88. The highest BCUT2D eigenvalue weighted by molar-refractivity contribution is 6.30. The van der Waals surface area contributed by atoms with Gasteiger partial charge >= 0.3 is 0 Å². The van der Waals surface area contributed by atoms with Gasteiger partial charge in [0, 0.05) is 0 Å². The van der Waals surface area contributed by atoms with Crippen LogP contribution in [-0.2, 0) is 11.3 Å². The number of nitrogens with one attached hydrogen (secondary N) is 1. The number of nitrogens with zero attached hydrogens (tertiary/aromatic N) is 3. The number of hydrogen-bond acceptors (Lipinski definition) is 6. The molecule has 1 aliphatic heterocycles. The second-order valence-corrected chi connectivity index (χ2v) is 7.90. The molecule has 1 N–H and O–H groups in total. The number of aromatic nitrogens is 2. The Morgan fingerprint density at radius 2 is 2.00 bits per heavy atom. The van der Waals surface area contributed by atoms with Gasteiger partial charge in [-0.3, -0.25) is 9.83 Å². The van der Waals surface area contributed by atoms with Crippen molar-refractivity contribution >= 4 is 17.4 Å². The summed E-state index contributed by atoms with van der Waals surface area (Å²) >= 11 is 5.88. The first-order chi connectivity index (χ1) is 14.9. The van der Waals surface area contributed by atoms with Gasteiger partial charge in [-0.05, 0) is 56.0 Å². The van der Waals surface area contributed by atoms with Crippen LogP contribution in [0.15, 0.2) is 47.6 Å². The van der Waals surface area contributed by atoms with Gasteiger partial charge in [0.25, 0.3) is 0 Å². The first-order valence-corrected chi connectivity index (χ1v) is 10.3. The monoisotopic (exact) mass is 440 g/mol. The molecule has 1 aliphatic rings. The van der Waals surface area contributed by atoms with Crippen LogP contribution in [0.2, 0.25) is 5.02 Å². The standard InChI is InChI=1S/C23H22ClFN4O2/c1-13-7-8-16(9-14(13)2)10-17-12-30-29-23(27-17)21-15(3)28-26-11-20(21)31-19-6-4-5-18(24)22(19)25/h4-9,11,17H,10,12H2,1-3H3,(H,27,29)/t17-/m1/s1. The van der Waals surface area contributed by atoms with Crippen molar-refractivity contribution in [2.75, 3.05) is 6.61 Å². The maximum absolute atomic E-state index is 14.4. The van der Waals surface area contributed by atoms with Crippen molar-refractivity contribution in [1.29, 1.82) is 0 Å². The van der Waals surface area contributed by atoms with E-state index in [9.17, 15) is 4.39 Å². The molecule has 2 heterocycles. The summed E-state index contributed by atoms with van der Waals surface area (Å²) in [5, 5.41) is 8.01. The third-order valence-corrected chi connectivity index (χ3v) is 5.45. The molecule has 31 heavy (non-hydrogen) atoms. The van der Waals surface area contributed by atoms with Crippen molar-refractivity contribution < 1.29 is 14.0 Å². The maximum Gasteiger partial charge on any atom is 0.184 e. The summed E-state index contributed by atoms with van der Waals surface area (Å²) in [5.74, 6) is 0.109. The minimum absolute atomic E-state index is 0.00911. The van der Waals surface area contributed by atoms with Gasteiger partial charge in [-0.15, -0.1) is 0 Å². The number of rotatable bonds is 5. The summed E-state index contributed by atoms with van der Waals surface area (Å²) in [4.78, 5) is 10.4. The fraction of sp³-hybridized carbons (Fsp3) is 0.261. The first kappa shape index (κ1) is 21.2. The van der Waals surface area contributed by atoms with Gasteiger partial charge in [0.05, 0.1) is 35.1 Å². The molecule has 4 rings (SSSR count). The van der Waals surface area contributed by atoms with Crippen molar-refractivity contribution in [3.63, 3.8) is 0 Å². The number of benzene rings is 2. The molecule has 2 aromatic carbocycles. The molecular formula is C23H22ClFN4O2. The molecule has 0 unspecified atom stereocenters. The zero-order valence-electron chi connectivity index (χ0n) is 17.4. The summed E-state index contributed by atoms with van der Waals surface area (Å²) in [5.41, 5.74) is 7.65. The van der Waals surface area contributed by atoms with Crippen LogP contribution in [0.25, 0.3) is 0 Å². The van der Waals surface area contributed by atoms with E-state index in [0.717, 1.165) is 6.42 Å². The van der Waals surface area contributed by atoms with E-state index in [4.69, 9.17) is 26.2 Å². The Morgan fingerprint density at radius 1 is 1.16 bits per heavy atom. The van der Waals surface area contributed by atoms with E-state index in [2.05, 4.69) is 47.7 Å². The minimum Gasteiger partial charge on any atom is -0.452 e. The van der Waals surface area contributed by atoms with Crippen LogP contribution in [0.4, 0.5) is 4.39 Å². The Kier molecular flexibility index (Phi) is 6.15. The van der Waals surface area contributed by atoms with Crippen molar-refractivity contribution in [2.24, 2.45) is 4.99 Å². The Balaban J connectivity index is 1.65. The maximum atomic E-state index is 14.4. The van der Waals surface area contributed by atoms with E-state index in [1.54, 1.807) is 13.0 Å². The highest BCUT2D eigenvalue weighted by Crippen LogP contribution is 2.31. The van der Waals surface area contributed by atoms with E-state index in [1.165, 1.54) is 35.0 Å². The quantitative estimate of drug-likeness (QED) is 0.612. The summed E-state index contributed by atoms with van der Waals surface area (Å²) in [7, 11) is 0. The van der Waals surface area contributed by atoms with Crippen molar-refractivity contribution in [3.05, 3.63) is 81.4 Å². The molecule has 1 atom stereocenters. The second kappa shape index (κ2) is 8.99. The number of halogens is 2. The zero-order chi connectivity index (χ0) is 22.0. The normalized spacial score (nSPS) is 15.9. The lowest BCUT2D eigenvalue weighted by molar-refractivity contribution is 0.0623. The molecule has 3 aromatic rings. The van der Waals surface area contributed by atoms with Crippen LogP contribution in [0, 0.1) is 26.6 Å². The molecule has 0 amide bonds. The Hall–Kier alpha value is -3.03. The first-order valence-electron chi connectivity index (χ1n) is 9.88. The molecule has 160 valence electrons. The van der Waals surface area contributed by atoms with Crippen molar-refractivity contribution in [3.8, 4) is 11.5 Å². The number of aryl methyl sites for hydroxylation is 3. The lowest BCUT2D eigenvalue weighted by Crippen LogP contribution is -2.37. The topological polar surface area (TPSA) is 68.6 Å². The van der Waals surface area contributed by atoms with Gasteiger partial charge in [0.1, 0.15) is 0 Å². The van der Waals surface area contributed by atoms with Gasteiger partial charge in [-0.25, -0.2) is 9.87 Å². The van der Waals surface area contributed by atoms with Gasteiger partial charge in [0.15, 0.2) is 23.2 Å². The van der Waals surface area contributed by atoms with Crippen LogP contribution in [-0.4, -0.2) is 28.7 Å². The summed E-state index contributed by atoms with van der Waals surface area (Å²) in [6.45, 7) is 6.39. The van der Waals surface area contributed by atoms with E-state index < -0.39 is 5.82 Å². The lowest BCUT2D eigenvalue weighted by atomic mass is 10.0. The van der Waals surface area contributed by atoms with Crippen LogP contribution in [0.5, 0.6) is 11.5 Å². The van der Waals surface area contributed by atoms with Crippen LogP contribution < -0.4 is 10.2 Å². The summed E-state index contributed by atoms with van der Waals surface area (Å²) in [6, 6.07) is 10.9. The molecule has 0 saturated heterocycles. The van der Waals surface area contributed by atoms with Gasteiger partial charge < -0.3 is 4.74 Å². The van der Waals surface area contributed by atoms with Gasteiger partial charge in [0.2, 0.25) is 0 Å². The average Bonchev–Trinajstić information content (AvgIpc) is 2.74. The van der Waals surface area contributed by atoms with Crippen LogP contribution in [0.3, 0.4) is 0 Å². The fourth-order valence-electron chi connectivity index (χ4n) is 3.38. The molecule has 0 saturated carbocycles. The van der Waals surface area contributed by atoms with E-state index >= 15 is 0 Å². The van der Waals surface area contributed by atoms with Crippen molar-refractivity contribution in [1.82, 2.24) is 15.7 Å². The Labute approximate surface area is 185 Å². The lowest BCUT2D eigenvalue weighted by Gasteiger charge is -2.24. The van der Waals surface area contributed by atoms with Gasteiger partial charge in [-0.2, -0.15) is 10.2 Å².